The van der Waals surface area contributed by atoms with E-state index < -0.39 is 0 Å². The van der Waals surface area contributed by atoms with E-state index in [1.54, 1.807) is 32.4 Å². The Morgan fingerprint density at radius 2 is 2.15 bits per heavy atom. The minimum absolute atomic E-state index is 0.255. The summed E-state index contributed by atoms with van der Waals surface area (Å²) in [6.45, 7) is 0.266. The predicted molar refractivity (Wildman–Crippen MR) is 76.9 cm³/mol. The molecule has 0 radical (unpaired) electrons. The largest absolute Gasteiger partial charge is 0.495 e. The number of benzene rings is 1. The van der Waals surface area contributed by atoms with Gasteiger partial charge in [-0.3, -0.25) is 9.78 Å². The lowest BCUT2D eigenvalue weighted by Crippen LogP contribution is -2.12. The van der Waals surface area contributed by atoms with Gasteiger partial charge < -0.3 is 14.8 Å². The summed E-state index contributed by atoms with van der Waals surface area (Å²) in [7, 11) is 3.08. The zero-order valence-electron chi connectivity index (χ0n) is 11.1. The maximum atomic E-state index is 11.5. The van der Waals surface area contributed by atoms with Crippen LogP contribution < -0.4 is 15.6 Å². The molecular weight excluding hydrogens is 282 g/mol. The highest BCUT2D eigenvalue weighted by Gasteiger charge is 2.05. The van der Waals surface area contributed by atoms with Crippen molar-refractivity contribution in [2.45, 2.75) is 6.61 Å². The van der Waals surface area contributed by atoms with E-state index >= 15 is 0 Å². The first-order chi connectivity index (χ1) is 9.62. The number of nitrogens with one attached hydrogen (secondary N) is 2. The zero-order chi connectivity index (χ0) is 14.5. The third kappa shape index (κ3) is 3.49. The van der Waals surface area contributed by atoms with Crippen LogP contribution in [0, 0.1) is 0 Å². The number of H-pyrrole nitrogens is 1. The van der Waals surface area contributed by atoms with Crippen LogP contribution in [0.3, 0.4) is 0 Å². The molecule has 1 heterocycles. The van der Waals surface area contributed by atoms with E-state index in [-0.39, 0.29) is 12.2 Å². The van der Waals surface area contributed by atoms with E-state index in [1.165, 1.54) is 6.07 Å². The number of ether oxygens (including phenoxy) is 2. The highest BCUT2D eigenvalue weighted by molar-refractivity contribution is 6.32. The first-order valence-electron chi connectivity index (χ1n) is 5.82. The van der Waals surface area contributed by atoms with Crippen molar-refractivity contribution in [3.05, 3.63) is 45.3 Å². The molecule has 0 fully saturated rings. The zero-order valence-corrected chi connectivity index (χ0v) is 11.8. The average molecular weight is 296 g/mol. The van der Waals surface area contributed by atoms with E-state index in [4.69, 9.17) is 21.1 Å². The molecule has 6 nitrogen and oxygen atoms in total. The predicted octanol–water partition coefficient (Wildman–Crippen LogP) is 2.32. The topological polar surface area (TPSA) is 76.2 Å². The van der Waals surface area contributed by atoms with Gasteiger partial charge in [-0.2, -0.15) is 0 Å². The van der Waals surface area contributed by atoms with Gasteiger partial charge in [0, 0.05) is 18.9 Å². The van der Waals surface area contributed by atoms with Gasteiger partial charge >= 0.3 is 0 Å². The second kappa shape index (κ2) is 6.40. The second-order valence-corrected chi connectivity index (χ2v) is 4.40. The standard InChI is InChI=1S/C13H14ClN3O3/c1-19-7-9-6-12(18)17-13(16-9)15-8-3-4-11(20-2)10(14)5-8/h3-6H,7H2,1-2H3,(H2,15,16,17,18). The first-order valence-corrected chi connectivity index (χ1v) is 6.20. The molecule has 0 saturated carbocycles. The molecule has 0 unspecified atom stereocenters. The van der Waals surface area contributed by atoms with Gasteiger partial charge in [0.25, 0.3) is 5.56 Å². The normalized spacial score (nSPS) is 10.3. The Labute approximate surface area is 120 Å². The first kappa shape index (κ1) is 14.4. The fourth-order valence-electron chi connectivity index (χ4n) is 1.67. The SMILES string of the molecule is COCc1cc(=O)[nH]c(Nc2ccc(OC)c(Cl)c2)n1. The fourth-order valence-corrected chi connectivity index (χ4v) is 1.93. The smallest absolute Gasteiger partial charge is 0.252 e. The molecule has 0 aliphatic carbocycles. The third-order valence-corrected chi connectivity index (χ3v) is 2.80. The van der Waals surface area contributed by atoms with Gasteiger partial charge in [0.1, 0.15) is 5.75 Å². The Kier molecular flexibility index (Phi) is 4.60. The van der Waals surface area contributed by atoms with E-state index in [0.717, 1.165) is 0 Å². The number of halogens is 1. The summed E-state index contributed by atoms with van der Waals surface area (Å²) in [5.41, 5.74) is 0.973. The van der Waals surface area contributed by atoms with Gasteiger partial charge in [-0.15, -0.1) is 0 Å². The van der Waals surface area contributed by atoms with Gasteiger partial charge in [0.2, 0.25) is 5.95 Å². The molecule has 2 rings (SSSR count). The second-order valence-electron chi connectivity index (χ2n) is 3.99. The molecule has 7 heteroatoms. The van der Waals surface area contributed by atoms with Crippen LogP contribution in [0.25, 0.3) is 0 Å². The van der Waals surface area contributed by atoms with Crippen LogP contribution in [0.4, 0.5) is 11.6 Å². The highest BCUT2D eigenvalue weighted by Crippen LogP contribution is 2.28. The van der Waals surface area contributed by atoms with Gasteiger partial charge in [0.05, 0.1) is 24.4 Å². The third-order valence-electron chi connectivity index (χ3n) is 2.50. The Hall–Kier alpha value is -2.05. The van der Waals surface area contributed by atoms with Crippen LogP contribution in [0.15, 0.2) is 29.1 Å². The summed E-state index contributed by atoms with van der Waals surface area (Å²) in [5.74, 6) is 0.901. The molecule has 0 amide bonds. The number of nitrogens with zero attached hydrogens (tertiary/aromatic N) is 1. The summed E-state index contributed by atoms with van der Waals surface area (Å²) in [5, 5.41) is 3.44. The number of hydrogen-bond acceptors (Lipinski definition) is 5. The van der Waals surface area contributed by atoms with Gasteiger partial charge in [-0.25, -0.2) is 4.98 Å². The Morgan fingerprint density at radius 1 is 1.35 bits per heavy atom. The van der Waals surface area contributed by atoms with Gasteiger partial charge in [-0.1, -0.05) is 11.6 Å². The van der Waals surface area contributed by atoms with Crippen molar-refractivity contribution in [1.82, 2.24) is 9.97 Å². The van der Waals surface area contributed by atoms with Crippen molar-refractivity contribution < 1.29 is 9.47 Å². The van der Waals surface area contributed by atoms with Crippen molar-refractivity contribution >= 4 is 23.2 Å². The summed E-state index contributed by atoms with van der Waals surface area (Å²) in [6.07, 6.45) is 0. The molecule has 0 spiro atoms. The van der Waals surface area contributed by atoms with Crippen LogP contribution in [0.1, 0.15) is 5.69 Å². The van der Waals surface area contributed by atoms with Crippen LogP contribution in [-0.2, 0) is 11.3 Å². The van der Waals surface area contributed by atoms with Crippen LogP contribution >= 0.6 is 11.6 Å². The molecule has 0 aliphatic heterocycles. The maximum Gasteiger partial charge on any atom is 0.252 e. The van der Waals surface area contributed by atoms with E-state index in [1.807, 2.05) is 0 Å². The number of hydrogen-bond donors (Lipinski definition) is 2. The summed E-state index contributed by atoms with van der Waals surface area (Å²) in [4.78, 5) is 18.3. The maximum absolute atomic E-state index is 11.5. The number of aromatic nitrogens is 2. The fraction of sp³-hybridized carbons (Fsp3) is 0.231. The van der Waals surface area contributed by atoms with Crippen molar-refractivity contribution in [2.24, 2.45) is 0 Å². The molecule has 1 aromatic carbocycles. The minimum Gasteiger partial charge on any atom is -0.495 e. The summed E-state index contributed by atoms with van der Waals surface area (Å²) < 4.78 is 10.0. The van der Waals surface area contributed by atoms with E-state index in [9.17, 15) is 4.79 Å². The van der Waals surface area contributed by atoms with Crippen molar-refractivity contribution in [3.63, 3.8) is 0 Å². The summed E-state index contributed by atoms with van der Waals surface area (Å²) in [6, 6.07) is 6.56. The van der Waals surface area contributed by atoms with Crippen molar-refractivity contribution in [1.29, 1.82) is 0 Å². The number of rotatable bonds is 5. The molecule has 0 saturated heterocycles. The lowest BCUT2D eigenvalue weighted by molar-refractivity contribution is 0.181. The van der Waals surface area contributed by atoms with Gasteiger partial charge in [0.15, 0.2) is 0 Å². The highest BCUT2D eigenvalue weighted by atomic mass is 35.5. The van der Waals surface area contributed by atoms with Crippen molar-refractivity contribution in [2.75, 3.05) is 19.5 Å². The lowest BCUT2D eigenvalue weighted by Gasteiger charge is -2.09. The molecule has 0 atom stereocenters. The lowest BCUT2D eigenvalue weighted by atomic mass is 10.3. The number of methoxy groups -OCH3 is 2. The average Bonchev–Trinajstić information content (AvgIpc) is 2.38. The summed E-state index contributed by atoms with van der Waals surface area (Å²) >= 11 is 6.03. The van der Waals surface area contributed by atoms with Crippen molar-refractivity contribution in [3.8, 4) is 5.75 Å². The van der Waals surface area contributed by atoms with Crippen LogP contribution in [-0.4, -0.2) is 24.2 Å². The molecule has 1 aromatic heterocycles. The van der Waals surface area contributed by atoms with Gasteiger partial charge in [-0.05, 0) is 18.2 Å². The van der Waals surface area contributed by atoms with Crippen LogP contribution in [0.2, 0.25) is 5.02 Å². The molecule has 20 heavy (non-hydrogen) atoms. The van der Waals surface area contributed by atoms with E-state index in [2.05, 4.69) is 15.3 Å². The molecular formula is C13H14ClN3O3. The molecule has 2 aromatic rings. The number of aromatic amines is 1. The monoisotopic (exact) mass is 295 g/mol. The molecule has 106 valence electrons. The Balaban J connectivity index is 2.25. The Morgan fingerprint density at radius 3 is 2.80 bits per heavy atom. The van der Waals surface area contributed by atoms with Crippen LogP contribution in [0.5, 0.6) is 5.75 Å². The molecule has 0 aliphatic rings. The number of anilines is 2. The minimum atomic E-state index is -0.255. The molecule has 2 N–H and O–H groups in total. The van der Waals surface area contributed by atoms with E-state index in [0.29, 0.717) is 28.1 Å². The quantitative estimate of drug-likeness (QED) is 0.885. The Bertz CT molecular complexity index is 658. The molecule has 0 bridgehead atoms.